The molecule has 47 heavy (non-hydrogen) atoms. The van der Waals surface area contributed by atoms with E-state index >= 15 is 0 Å². The van der Waals surface area contributed by atoms with E-state index in [2.05, 4.69) is 47.5 Å². The summed E-state index contributed by atoms with van der Waals surface area (Å²) in [6, 6.07) is 13.0. The Morgan fingerprint density at radius 2 is 1.87 bits per heavy atom. The highest BCUT2D eigenvalue weighted by atomic mass is 35.5. The summed E-state index contributed by atoms with van der Waals surface area (Å²) in [5.41, 5.74) is 9.04. The van der Waals surface area contributed by atoms with Crippen molar-refractivity contribution >= 4 is 29.6 Å². The van der Waals surface area contributed by atoms with Crippen molar-refractivity contribution in [2.45, 2.75) is 76.5 Å². The summed E-state index contributed by atoms with van der Waals surface area (Å²) in [5.74, 6) is -0.254. The number of halogens is 1. The molecular formula is C34H38ClN9O3. The number of nitrogens with two attached hydrogens (primary N) is 1. The van der Waals surface area contributed by atoms with Crippen LogP contribution in [-0.2, 0) is 15.1 Å². The van der Waals surface area contributed by atoms with Gasteiger partial charge in [0.25, 0.3) is 5.91 Å². The third kappa shape index (κ3) is 6.34. The lowest BCUT2D eigenvalue weighted by Gasteiger charge is -2.35. The average Bonchev–Trinajstić information content (AvgIpc) is 3.91. The number of benzene rings is 2. The number of amides is 2. The molecule has 7 rings (SSSR count). The molecule has 2 aromatic carbocycles. The van der Waals surface area contributed by atoms with Crippen LogP contribution in [0.5, 0.6) is 0 Å². The summed E-state index contributed by atoms with van der Waals surface area (Å²) in [6.07, 6.45) is 10.9. The number of guanidine groups is 1. The van der Waals surface area contributed by atoms with Gasteiger partial charge in [-0.3, -0.25) is 14.4 Å². The molecule has 3 heterocycles. The quantitative estimate of drug-likeness (QED) is 0.228. The van der Waals surface area contributed by atoms with Crippen molar-refractivity contribution in [3.05, 3.63) is 83.7 Å². The molecule has 0 spiro atoms. The molecule has 4 aromatic rings. The zero-order chi connectivity index (χ0) is 32.9. The van der Waals surface area contributed by atoms with Gasteiger partial charge in [-0.05, 0) is 66.3 Å². The van der Waals surface area contributed by atoms with Crippen molar-refractivity contribution in [3.8, 4) is 16.8 Å². The molecule has 12 nitrogen and oxygen atoms in total. The van der Waals surface area contributed by atoms with E-state index in [4.69, 9.17) is 27.1 Å². The van der Waals surface area contributed by atoms with Gasteiger partial charge in [0, 0.05) is 17.8 Å². The number of hydrogen-bond donors (Lipinski definition) is 2. The van der Waals surface area contributed by atoms with Crippen LogP contribution in [0.4, 0.5) is 4.79 Å². The van der Waals surface area contributed by atoms with Crippen molar-refractivity contribution in [2.75, 3.05) is 6.61 Å². The van der Waals surface area contributed by atoms with Gasteiger partial charge in [0.05, 0.1) is 29.0 Å². The number of ether oxygens (including phenoxy) is 1. The largest absolute Gasteiger partial charge is 0.447 e. The fourth-order valence-electron chi connectivity index (χ4n) is 6.19. The van der Waals surface area contributed by atoms with Gasteiger partial charge in [0.15, 0.2) is 11.5 Å². The Morgan fingerprint density at radius 1 is 1.11 bits per heavy atom. The van der Waals surface area contributed by atoms with Gasteiger partial charge in [-0.25, -0.2) is 19.5 Å². The highest BCUT2D eigenvalue weighted by molar-refractivity contribution is 6.32. The lowest BCUT2D eigenvalue weighted by atomic mass is 9.75. The van der Waals surface area contributed by atoms with Crippen LogP contribution in [0.15, 0.2) is 72.5 Å². The number of hydrogen-bond acceptors (Lipinski definition) is 8. The highest BCUT2D eigenvalue weighted by Gasteiger charge is 2.53. The van der Waals surface area contributed by atoms with E-state index < -0.39 is 17.7 Å². The minimum Gasteiger partial charge on any atom is -0.447 e. The lowest BCUT2D eigenvalue weighted by molar-refractivity contribution is -0.135. The van der Waals surface area contributed by atoms with E-state index in [-0.39, 0.29) is 29.9 Å². The highest BCUT2D eigenvalue weighted by Crippen LogP contribution is 2.45. The Hall–Kier alpha value is -4.71. The molecular weight excluding hydrogens is 618 g/mol. The zero-order valence-electron chi connectivity index (χ0n) is 26.6. The van der Waals surface area contributed by atoms with Gasteiger partial charge in [-0.2, -0.15) is 10.2 Å². The van der Waals surface area contributed by atoms with Crippen LogP contribution >= 0.6 is 11.6 Å². The maximum absolute atomic E-state index is 14.9. The summed E-state index contributed by atoms with van der Waals surface area (Å²) in [5, 5.41) is 12.0. The Bertz CT molecular complexity index is 1820. The molecule has 3 N–H and O–H groups in total. The van der Waals surface area contributed by atoms with Crippen LogP contribution in [0.3, 0.4) is 0 Å². The molecule has 1 aliphatic heterocycles. The van der Waals surface area contributed by atoms with Gasteiger partial charge >= 0.3 is 6.09 Å². The second-order valence-electron chi connectivity index (χ2n) is 13.8. The molecule has 2 atom stereocenters. The van der Waals surface area contributed by atoms with E-state index in [1.807, 2.05) is 35.1 Å². The Labute approximate surface area is 278 Å². The van der Waals surface area contributed by atoms with Crippen LogP contribution in [0.2, 0.25) is 5.02 Å². The molecule has 2 amide bonds. The Kier molecular flexibility index (Phi) is 7.78. The minimum absolute atomic E-state index is 0.0440. The second kappa shape index (κ2) is 11.8. The number of nitrogens with zero attached hydrogens (tertiary/aromatic N) is 7. The summed E-state index contributed by atoms with van der Waals surface area (Å²) in [7, 11) is 0. The third-order valence-electron chi connectivity index (χ3n) is 8.73. The maximum Gasteiger partial charge on any atom is 0.407 e. The van der Waals surface area contributed by atoms with Crippen molar-refractivity contribution in [1.29, 1.82) is 0 Å². The molecule has 2 saturated carbocycles. The molecule has 244 valence electrons. The first-order valence-corrected chi connectivity index (χ1v) is 16.3. The standard InChI is InChI=1S/C34H38ClN9O3/c1-33(2,3)18-34(24-7-4-21(5-8-24)23-15-38-42(16-23)26-11-12-26)30(45)44(31(36)41-34)29(17-47-32(46)40-25-9-10-25)22-6-13-27(35)28(14-22)43-20-37-19-39-43/h4-8,13-16,19-20,25-26,29H,9-12,17-18H2,1-3H3,(H2,36,41)(H,40,46)/t29?,34-/m1/s1. The van der Waals surface area contributed by atoms with Crippen LogP contribution in [0, 0.1) is 5.41 Å². The third-order valence-corrected chi connectivity index (χ3v) is 9.05. The van der Waals surface area contributed by atoms with Crippen LogP contribution in [0.1, 0.15) is 76.1 Å². The van der Waals surface area contributed by atoms with Gasteiger partial charge in [-0.1, -0.05) is 62.7 Å². The molecule has 0 saturated heterocycles. The fraction of sp³-hybridized carbons (Fsp3) is 0.412. The molecule has 0 bridgehead atoms. The number of aliphatic imine (C=N–C) groups is 1. The predicted molar refractivity (Wildman–Crippen MR) is 177 cm³/mol. The average molecular weight is 656 g/mol. The zero-order valence-corrected chi connectivity index (χ0v) is 27.4. The monoisotopic (exact) mass is 655 g/mol. The van der Waals surface area contributed by atoms with E-state index in [0.717, 1.165) is 42.4 Å². The molecule has 13 heteroatoms. The number of aromatic nitrogens is 5. The molecule has 0 radical (unpaired) electrons. The van der Waals surface area contributed by atoms with E-state index in [1.54, 1.807) is 18.2 Å². The smallest absolute Gasteiger partial charge is 0.407 e. The first kappa shape index (κ1) is 30.9. The second-order valence-corrected chi connectivity index (χ2v) is 14.3. The number of alkyl carbamates (subject to hydrolysis) is 1. The Morgan fingerprint density at radius 3 is 2.53 bits per heavy atom. The summed E-state index contributed by atoms with van der Waals surface area (Å²) < 4.78 is 9.27. The van der Waals surface area contributed by atoms with Gasteiger partial charge in [0.2, 0.25) is 0 Å². The SMILES string of the molecule is CC(C)(C)C[C@]1(c2ccc(-c3cnn(C4CC4)c3)cc2)N=C(N)N(C(COC(=O)NC2CC2)c2ccc(Cl)c(-n3cncn3)c2)C1=O. The van der Waals surface area contributed by atoms with Crippen molar-refractivity contribution in [2.24, 2.45) is 16.1 Å². The van der Waals surface area contributed by atoms with E-state index in [1.165, 1.54) is 22.2 Å². The summed E-state index contributed by atoms with van der Waals surface area (Å²) >= 11 is 6.56. The minimum atomic E-state index is -1.30. The van der Waals surface area contributed by atoms with Gasteiger partial charge in [-0.15, -0.1) is 0 Å². The number of rotatable bonds is 10. The van der Waals surface area contributed by atoms with E-state index in [0.29, 0.717) is 28.7 Å². The number of nitrogens with one attached hydrogen (secondary N) is 1. The van der Waals surface area contributed by atoms with Crippen LogP contribution < -0.4 is 11.1 Å². The van der Waals surface area contributed by atoms with Crippen molar-refractivity contribution < 1.29 is 14.3 Å². The number of carbonyl (C=O) groups is 2. The maximum atomic E-state index is 14.9. The van der Waals surface area contributed by atoms with Crippen LogP contribution in [-0.4, -0.2) is 60.1 Å². The summed E-state index contributed by atoms with van der Waals surface area (Å²) in [4.78, 5) is 38.0. The van der Waals surface area contributed by atoms with Crippen molar-refractivity contribution in [1.82, 2.24) is 34.8 Å². The molecule has 1 unspecified atom stereocenters. The molecule has 2 fully saturated rings. The molecule has 3 aliphatic rings. The van der Waals surface area contributed by atoms with Gasteiger partial charge < -0.3 is 15.8 Å². The first-order chi connectivity index (χ1) is 22.5. The first-order valence-electron chi connectivity index (χ1n) is 15.9. The molecule has 2 aromatic heterocycles. The summed E-state index contributed by atoms with van der Waals surface area (Å²) in [6.45, 7) is 6.06. The van der Waals surface area contributed by atoms with Crippen molar-refractivity contribution in [3.63, 3.8) is 0 Å². The predicted octanol–water partition coefficient (Wildman–Crippen LogP) is 5.54. The molecule has 2 aliphatic carbocycles. The van der Waals surface area contributed by atoms with Gasteiger partial charge in [0.1, 0.15) is 19.3 Å². The number of carbonyl (C=O) groups excluding carboxylic acids is 2. The van der Waals surface area contributed by atoms with E-state index in [9.17, 15) is 9.59 Å². The van der Waals surface area contributed by atoms with Crippen LogP contribution in [0.25, 0.3) is 16.8 Å². The normalized spacial score (nSPS) is 20.3. The topological polar surface area (TPSA) is 146 Å². The lowest BCUT2D eigenvalue weighted by Crippen LogP contribution is -2.47. The Balaban J connectivity index is 1.25. The fourth-order valence-corrected chi connectivity index (χ4v) is 6.40.